The topological polar surface area (TPSA) is 49.8 Å². The summed E-state index contributed by atoms with van der Waals surface area (Å²) in [4.78, 5) is 14.3. The fraction of sp³-hybridized carbons (Fsp3) is 0.583. The molecule has 0 radical (unpaired) electrons. The van der Waals surface area contributed by atoms with E-state index in [0.29, 0.717) is 18.0 Å². The summed E-state index contributed by atoms with van der Waals surface area (Å²) in [6.07, 6.45) is 0.782. The number of methoxy groups -OCH3 is 1. The smallest absolute Gasteiger partial charge is 0.348 e. The van der Waals surface area contributed by atoms with Crippen LogP contribution in [0.4, 0.5) is 0 Å². The molecule has 0 bridgehead atoms. The van der Waals surface area contributed by atoms with E-state index >= 15 is 0 Å². The summed E-state index contributed by atoms with van der Waals surface area (Å²) >= 11 is 1.40. The zero-order valence-corrected chi connectivity index (χ0v) is 10.9. The van der Waals surface area contributed by atoms with Crippen molar-refractivity contribution in [3.63, 3.8) is 0 Å². The van der Waals surface area contributed by atoms with E-state index in [1.807, 2.05) is 18.4 Å². The Bertz CT molecular complexity index is 414. The summed E-state index contributed by atoms with van der Waals surface area (Å²) in [5, 5.41) is 11.8. The van der Waals surface area contributed by atoms with Crippen molar-refractivity contribution in [3.8, 4) is 0 Å². The first-order valence-electron chi connectivity index (χ1n) is 5.61. The van der Waals surface area contributed by atoms with E-state index in [1.165, 1.54) is 18.4 Å². The summed E-state index contributed by atoms with van der Waals surface area (Å²) in [5.41, 5.74) is 0.390. The van der Waals surface area contributed by atoms with Crippen molar-refractivity contribution in [1.29, 1.82) is 0 Å². The molecule has 0 aromatic carbocycles. The van der Waals surface area contributed by atoms with Gasteiger partial charge in [-0.15, -0.1) is 11.3 Å². The second kappa shape index (κ2) is 4.76. The van der Waals surface area contributed by atoms with Crippen molar-refractivity contribution in [2.24, 2.45) is 0 Å². The third kappa shape index (κ3) is 2.86. The van der Waals surface area contributed by atoms with Gasteiger partial charge in [-0.2, -0.15) is 0 Å². The van der Waals surface area contributed by atoms with E-state index in [9.17, 15) is 9.90 Å². The first-order valence-corrected chi connectivity index (χ1v) is 6.49. The second-order valence-electron chi connectivity index (χ2n) is 4.72. The SMILES string of the molecule is COC(=O)c1sccc1CN1CC[C@](C)(O)C1. The first kappa shape index (κ1) is 12.5. The summed E-state index contributed by atoms with van der Waals surface area (Å²) in [6.45, 7) is 4.07. The molecule has 1 saturated heterocycles. The molecule has 1 aromatic rings. The van der Waals surface area contributed by atoms with Crippen molar-refractivity contribution < 1.29 is 14.6 Å². The van der Waals surface area contributed by atoms with E-state index in [-0.39, 0.29) is 5.97 Å². The molecule has 1 atom stereocenters. The molecule has 1 aliphatic rings. The molecule has 1 fully saturated rings. The number of thiophene rings is 1. The fourth-order valence-corrected chi connectivity index (χ4v) is 2.98. The van der Waals surface area contributed by atoms with E-state index in [1.54, 1.807) is 0 Å². The number of hydrogen-bond donors (Lipinski definition) is 1. The third-order valence-electron chi connectivity index (χ3n) is 3.04. The molecule has 1 aliphatic heterocycles. The Morgan fingerprint density at radius 1 is 1.71 bits per heavy atom. The van der Waals surface area contributed by atoms with Gasteiger partial charge in [-0.25, -0.2) is 4.79 Å². The lowest BCUT2D eigenvalue weighted by Crippen LogP contribution is -2.29. The zero-order chi connectivity index (χ0) is 12.5. The van der Waals surface area contributed by atoms with E-state index < -0.39 is 5.60 Å². The van der Waals surface area contributed by atoms with Crippen LogP contribution in [-0.4, -0.2) is 41.8 Å². The summed E-state index contributed by atoms with van der Waals surface area (Å²) in [7, 11) is 1.40. The van der Waals surface area contributed by atoms with Crippen LogP contribution in [0.25, 0.3) is 0 Å². The van der Waals surface area contributed by atoms with Crippen molar-refractivity contribution >= 4 is 17.3 Å². The molecule has 5 heteroatoms. The molecule has 0 unspecified atom stereocenters. The van der Waals surface area contributed by atoms with Crippen molar-refractivity contribution in [3.05, 3.63) is 21.9 Å². The molecule has 0 aliphatic carbocycles. The highest BCUT2D eigenvalue weighted by molar-refractivity contribution is 7.12. The Morgan fingerprint density at radius 2 is 2.47 bits per heavy atom. The maximum atomic E-state index is 11.5. The van der Waals surface area contributed by atoms with Gasteiger partial charge in [-0.1, -0.05) is 0 Å². The van der Waals surface area contributed by atoms with Gasteiger partial charge in [0.1, 0.15) is 4.88 Å². The Kier molecular flexibility index (Phi) is 3.51. The van der Waals surface area contributed by atoms with Gasteiger partial charge in [-0.05, 0) is 30.4 Å². The number of ether oxygens (including phenoxy) is 1. The molecule has 1 N–H and O–H groups in total. The Morgan fingerprint density at radius 3 is 3.06 bits per heavy atom. The Balaban J connectivity index is 2.05. The van der Waals surface area contributed by atoms with Gasteiger partial charge in [0.25, 0.3) is 0 Å². The average Bonchev–Trinajstić information content (AvgIpc) is 2.85. The molecule has 2 rings (SSSR count). The number of aliphatic hydroxyl groups is 1. The van der Waals surface area contributed by atoms with Gasteiger partial charge in [-0.3, -0.25) is 4.90 Å². The van der Waals surface area contributed by atoms with Crippen LogP contribution in [0.1, 0.15) is 28.6 Å². The quantitative estimate of drug-likeness (QED) is 0.831. The lowest BCUT2D eigenvalue weighted by molar-refractivity contribution is 0.0603. The van der Waals surface area contributed by atoms with E-state index in [0.717, 1.165) is 18.5 Å². The van der Waals surface area contributed by atoms with Crippen molar-refractivity contribution in [2.75, 3.05) is 20.2 Å². The molecular formula is C12H17NO3S. The minimum atomic E-state index is -0.596. The van der Waals surface area contributed by atoms with Gasteiger partial charge >= 0.3 is 5.97 Å². The minimum absolute atomic E-state index is 0.277. The second-order valence-corrected chi connectivity index (χ2v) is 5.64. The van der Waals surface area contributed by atoms with Crippen molar-refractivity contribution in [1.82, 2.24) is 4.90 Å². The molecule has 0 amide bonds. The molecule has 2 heterocycles. The van der Waals surface area contributed by atoms with Crippen LogP contribution in [0.2, 0.25) is 0 Å². The largest absolute Gasteiger partial charge is 0.465 e. The standard InChI is InChI=1S/C12H17NO3S/c1-12(15)4-5-13(8-12)7-9-3-6-17-10(9)11(14)16-2/h3,6,15H,4-5,7-8H2,1-2H3/t12-/m0/s1. The molecular weight excluding hydrogens is 238 g/mol. The maximum Gasteiger partial charge on any atom is 0.348 e. The Labute approximate surface area is 105 Å². The summed E-state index contributed by atoms with van der Waals surface area (Å²) in [6, 6.07) is 1.95. The molecule has 0 saturated carbocycles. The van der Waals surface area contributed by atoms with Gasteiger partial charge in [0, 0.05) is 19.6 Å². The predicted molar refractivity (Wildman–Crippen MR) is 66.2 cm³/mol. The van der Waals surface area contributed by atoms with Crippen LogP contribution >= 0.6 is 11.3 Å². The van der Waals surface area contributed by atoms with Gasteiger partial charge in [0.2, 0.25) is 0 Å². The lowest BCUT2D eigenvalue weighted by atomic mass is 10.1. The van der Waals surface area contributed by atoms with Crippen LogP contribution in [0.3, 0.4) is 0 Å². The highest BCUT2D eigenvalue weighted by Crippen LogP contribution is 2.25. The molecule has 94 valence electrons. The number of β-amino-alcohol motifs (C(OH)–C–C–N with tert-alkyl or cyclic N) is 1. The minimum Gasteiger partial charge on any atom is -0.465 e. The van der Waals surface area contributed by atoms with Crippen LogP contribution in [0.5, 0.6) is 0 Å². The number of likely N-dealkylation sites (tertiary alicyclic amines) is 1. The first-order chi connectivity index (χ1) is 8.02. The third-order valence-corrected chi connectivity index (χ3v) is 3.98. The molecule has 0 spiro atoms. The van der Waals surface area contributed by atoms with E-state index in [4.69, 9.17) is 4.74 Å². The summed E-state index contributed by atoms with van der Waals surface area (Å²) < 4.78 is 4.74. The normalized spacial score (nSPS) is 25.1. The van der Waals surface area contributed by atoms with Gasteiger partial charge in [0.05, 0.1) is 12.7 Å². The predicted octanol–water partition coefficient (Wildman–Crippen LogP) is 1.49. The number of esters is 1. The van der Waals surface area contributed by atoms with E-state index in [2.05, 4.69) is 4.90 Å². The molecule has 17 heavy (non-hydrogen) atoms. The lowest BCUT2D eigenvalue weighted by Gasteiger charge is -2.18. The number of carbonyl (C=O) groups is 1. The average molecular weight is 255 g/mol. The van der Waals surface area contributed by atoms with Crippen LogP contribution < -0.4 is 0 Å². The zero-order valence-electron chi connectivity index (χ0n) is 10.1. The molecule has 4 nitrogen and oxygen atoms in total. The van der Waals surface area contributed by atoms with Gasteiger partial charge in [0.15, 0.2) is 0 Å². The van der Waals surface area contributed by atoms with Crippen molar-refractivity contribution in [2.45, 2.75) is 25.5 Å². The number of nitrogens with zero attached hydrogens (tertiary/aromatic N) is 1. The van der Waals surface area contributed by atoms with Crippen LogP contribution in [0.15, 0.2) is 11.4 Å². The Hall–Kier alpha value is -0.910. The molecule has 1 aromatic heterocycles. The maximum absolute atomic E-state index is 11.5. The highest BCUT2D eigenvalue weighted by atomic mass is 32.1. The van der Waals surface area contributed by atoms with Crippen LogP contribution in [0, 0.1) is 0 Å². The number of rotatable bonds is 3. The number of hydrogen-bond acceptors (Lipinski definition) is 5. The van der Waals surface area contributed by atoms with Crippen LogP contribution in [-0.2, 0) is 11.3 Å². The number of carbonyl (C=O) groups excluding carboxylic acids is 1. The van der Waals surface area contributed by atoms with Gasteiger partial charge < -0.3 is 9.84 Å². The highest BCUT2D eigenvalue weighted by Gasteiger charge is 2.31. The fourth-order valence-electron chi connectivity index (χ4n) is 2.15. The summed E-state index contributed by atoms with van der Waals surface area (Å²) in [5.74, 6) is -0.277. The monoisotopic (exact) mass is 255 g/mol.